The maximum absolute atomic E-state index is 11.9. The molecular formula is C22H35NO3. The van der Waals surface area contributed by atoms with Crippen molar-refractivity contribution in [2.75, 3.05) is 6.61 Å². The number of aryl methyl sites for hydroxylation is 1. The molecule has 0 radical (unpaired) electrons. The summed E-state index contributed by atoms with van der Waals surface area (Å²) >= 11 is 0. The van der Waals surface area contributed by atoms with E-state index < -0.39 is 12.1 Å². The first-order chi connectivity index (χ1) is 12.6. The normalized spacial score (nSPS) is 13.7. The van der Waals surface area contributed by atoms with E-state index in [4.69, 9.17) is 0 Å². The van der Waals surface area contributed by atoms with E-state index in [1.54, 1.807) is 6.08 Å². The van der Waals surface area contributed by atoms with Crippen molar-refractivity contribution < 1.29 is 15.0 Å². The molecule has 1 aromatic rings. The average molecular weight is 362 g/mol. The van der Waals surface area contributed by atoms with Crippen LogP contribution in [-0.2, 0) is 11.2 Å². The number of carbonyl (C=O) groups excluding carboxylic acids is 1. The molecule has 0 fully saturated rings. The lowest BCUT2D eigenvalue weighted by Gasteiger charge is -2.19. The summed E-state index contributed by atoms with van der Waals surface area (Å²) in [6.45, 7) is 3.99. The van der Waals surface area contributed by atoms with Crippen molar-refractivity contribution in [3.05, 3.63) is 41.5 Å². The zero-order chi connectivity index (χ0) is 19.2. The van der Waals surface area contributed by atoms with Crippen molar-refractivity contribution in [1.82, 2.24) is 5.32 Å². The zero-order valence-electron chi connectivity index (χ0n) is 16.3. The van der Waals surface area contributed by atoms with Crippen LogP contribution < -0.4 is 5.32 Å². The second-order valence-electron chi connectivity index (χ2n) is 6.86. The molecule has 0 bridgehead atoms. The largest absolute Gasteiger partial charge is 0.394 e. The van der Waals surface area contributed by atoms with E-state index in [0.29, 0.717) is 6.42 Å². The van der Waals surface area contributed by atoms with Gasteiger partial charge >= 0.3 is 0 Å². The lowest BCUT2D eigenvalue weighted by atomic mass is 10.0. The van der Waals surface area contributed by atoms with Crippen LogP contribution in [0, 0.1) is 0 Å². The zero-order valence-corrected chi connectivity index (χ0v) is 16.3. The highest BCUT2D eigenvalue weighted by molar-refractivity contribution is 5.76. The number of unbranched alkanes of at least 4 members (excludes halogenated alkanes) is 4. The van der Waals surface area contributed by atoms with Crippen molar-refractivity contribution in [2.24, 2.45) is 0 Å². The predicted octanol–water partition coefficient (Wildman–Crippen LogP) is 3.85. The van der Waals surface area contributed by atoms with E-state index in [-0.39, 0.29) is 12.5 Å². The number of hydrogen-bond acceptors (Lipinski definition) is 3. The van der Waals surface area contributed by atoms with Gasteiger partial charge in [-0.25, -0.2) is 0 Å². The van der Waals surface area contributed by atoms with Crippen LogP contribution in [0.25, 0.3) is 6.08 Å². The molecule has 3 N–H and O–H groups in total. The molecule has 1 amide bonds. The van der Waals surface area contributed by atoms with Gasteiger partial charge in [-0.2, -0.15) is 0 Å². The summed E-state index contributed by atoms with van der Waals surface area (Å²) < 4.78 is 0. The van der Waals surface area contributed by atoms with Crippen LogP contribution in [0.15, 0.2) is 30.3 Å². The molecule has 0 heterocycles. The fraction of sp³-hybridized carbons (Fsp3) is 0.591. The van der Waals surface area contributed by atoms with Gasteiger partial charge in [0.1, 0.15) is 0 Å². The van der Waals surface area contributed by atoms with Crippen LogP contribution in [0.3, 0.4) is 0 Å². The molecular weight excluding hydrogens is 326 g/mol. The van der Waals surface area contributed by atoms with Crippen LogP contribution in [0.4, 0.5) is 0 Å². The number of aliphatic hydroxyl groups is 2. The van der Waals surface area contributed by atoms with Gasteiger partial charge in [0.25, 0.3) is 0 Å². The minimum absolute atomic E-state index is 0.124. The summed E-state index contributed by atoms with van der Waals surface area (Å²) in [5.74, 6) is -0.124. The lowest BCUT2D eigenvalue weighted by Crippen LogP contribution is -2.45. The van der Waals surface area contributed by atoms with E-state index in [1.807, 2.05) is 18.2 Å². The van der Waals surface area contributed by atoms with Crippen molar-refractivity contribution >= 4 is 12.0 Å². The Morgan fingerprint density at radius 2 is 1.73 bits per heavy atom. The molecule has 4 heteroatoms. The van der Waals surface area contributed by atoms with Gasteiger partial charge in [0.05, 0.1) is 18.8 Å². The Bertz CT molecular complexity index is 525. The van der Waals surface area contributed by atoms with Crippen LogP contribution in [0.1, 0.15) is 69.9 Å². The quantitative estimate of drug-likeness (QED) is 0.467. The first-order valence-corrected chi connectivity index (χ1v) is 9.96. The van der Waals surface area contributed by atoms with Gasteiger partial charge in [-0.15, -0.1) is 0 Å². The Balaban J connectivity index is 2.49. The van der Waals surface area contributed by atoms with Crippen LogP contribution in [0.2, 0.25) is 0 Å². The van der Waals surface area contributed by atoms with Gasteiger partial charge < -0.3 is 15.5 Å². The number of amides is 1. The summed E-state index contributed by atoms with van der Waals surface area (Å²) in [6.07, 6.45) is 10.6. The molecule has 0 saturated carbocycles. The number of hydrogen-bond donors (Lipinski definition) is 3. The van der Waals surface area contributed by atoms with Gasteiger partial charge in [0.15, 0.2) is 0 Å². The molecule has 0 unspecified atom stereocenters. The number of rotatable bonds is 13. The Kier molecular flexibility index (Phi) is 11.7. The highest BCUT2D eigenvalue weighted by Crippen LogP contribution is 2.11. The first kappa shape index (κ1) is 22.4. The van der Waals surface area contributed by atoms with Gasteiger partial charge in [-0.05, 0) is 30.4 Å². The highest BCUT2D eigenvalue weighted by Gasteiger charge is 2.17. The van der Waals surface area contributed by atoms with Crippen molar-refractivity contribution in [3.63, 3.8) is 0 Å². The third kappa shape index (κ3) is 9.16. The predicted molar refractivity (Wildman–Crippen MR) is 108 cm³/mol. The SMILES string of the molecule is CCCCCC(=O)N[C@@H](CO)[C@H](O)/C=C/c1ccc(CCCCC)cc1. The van der Waals surface area contributed by atoms with E-state index in [9.17, 15) is 15.0 Å². The molecule has 26 heavy (non-hydrogen) atoms. The molecule has 0 aromatic heterocycles. The fourth-order valence-electron chi connectivity index (χ4n) is 2.77. The van der Waals surface area contributed by atoms with Crippen LogP contribution in [0.5, 0.6) is 0 Å². The molecule has 0 aliphatic rings. The van der Waals surface area contributed by atoms with Crippen molar-refractivity contribution in [1.29, 1.82) is 0 Å². The summed E-state index contributed by atoms with van der Waals surface area (Å²) in [4.78, 5) is 11.9. The second kappa shape index (κ2) is 13.5. The highest BCUT2D eigenvalue weighted by atomic mass is 16.3. The maximum Gasteiger partial charge on any atom is 0.220 e. The first-order valence-electron chi connectivity index (χ1n) is 9.96. The van der Waals surface area contributed by atoms with E-state index in [0.717, 1.165) is 31.2 Å². The van der Waals surface area contributed by atoms with Gasteiger partial charge in [-0.1, -0.05) is 75.9 Å². The molecule has 1 aromatic carbocycles. The topological polar surface area (TPSA) is 69.6 Å². The molecule has 4 nitrogen and oxygen atoms in total. The Morgan fingerprint density at radius 1 is 1.08 bits per heavy atom. The second-order valence-corrected chi connectivity index (χ2v) is 6.86. The molecule has 0 spiro atoms. The van der Waals surface area contributed by atoms with Gasteiger partial charge in [0.2, 0.25) is 5.91 Å². The standard InChI is InChI=1S/C22H35NO3/c1-3-5-7-9-18-11-13-19(14-12-18)15-16-21(25)20(17-24)23-22(26)10-8-6-4-2/h11-16,20-21,24-25H,3-10,17H2,1-2H3,(H,23,26)/b16-15+/t20-,21+/m0/s1. The number of carbonyl (C=O) groups is 1. The Morgan fingerprint density at radius 3 is 2.35 bits per heavy atom. The Labute approximate surface area is 158 Å². The monoisotopic (exact) mass is 361 g/mol. The molecule has 0 aliphatic carbocycles. The molecule has 0 aliphatic heterocycles. The third-order valence-corrected chi connectivity index (χ3v) is 4.50. The molecule has 0 saturated heterocycles. The smallest absolute Gasteiger partial charge is 0.220 e. The average Bonchev–Trinajstić information content (AvgIpc) is 2.65. The fourth-order valence-corrected chi connectivity index (χ4v) is 2.77. The van der Waals surface area contributed by atoms with E-state index in [2.05, 4.69) is 31.3 Å². The Hall–Kier alpha value is -1.65. The number of aliphatic hydroxyl groups excluding tert-OH is 2. The summed E-state index contributed by atoms with van der Waals surface area (Å²) in [6, 6.07) is 7.61. The minimum atomic E-state index is -0.917. The molecule has 146 valence electrons. The van der Waals surface area contributed by atoms with Crippen LogP contribution >= 0.6 is 0 Å². The number of benzene rings is 1. The van der Waals surface area contributed by atoms with Crippen LogP contribution in [-0.4, -0.2) is 34.9 Å². The minimum Gasteiger partial charge on any atom is -0.394 e. The van der Waals surface area contributed by atoms with Crippen molar-refractivity contribution in [3.8, 4) is 0 Å². The van der Waals surface area contributed by atoms with Crippen molar-refractivity contribution in [2.45, 2.75) is 77.4 Å². The van der Waals surface area contributed by atoms with E-state index >= 15 is 0 Å². The summed E-state index contributed by atoms with van der Waals surface area (Å²) in [5.41, 5.74) is 2.32. The van der Waals surface area contributed by atoms with Gasteiger partial charge in [-0.3, -0.25) is 4.79 Å². The summed E-state index contributed by atoms with van der Waals surface area (Å²) in [7, 11) is 0. The molecule has 2 atom stereocenters. The van der Waals surface area contributed by atoms with E-state index in [1.165, 1.54) is 24.8 Å². The lowest BCUT2D eigenvalue weighted by molar-refractivity contribution is -0.123. The maximum atomic E-state index is 11.9. The number of nitrogens with one attached hydrogen (secondary N) is 1. The van der Waals surface area contributed by atoms with Gasteiger partial charge in [0, 0.05) is 6.42 Å². The summed E-state index contributed by atoms with van der Waals surface area (Å²) in [5, 5.41) is 22.4. The molecule has 1 rings (SSSR count). The third-order valence-electron chi connectivity index (χ3n) is 4.50.